The van der Waals surface area contributed by atoms with Crippen LogP contribution < -0.4 is 5.32 Å². The molecule has 0 bridgehead atoms. The molecule has 5 nitrogen and oxygen atoms in total. The first-order valence-corrected chi connectivity index (χ1v) is 8.05. The van der Waals surface area contributed by atoms with Crippen molar-refractivity contribution in [3.63, 3.8) is 0 Å². The molecule has 1 aromatic heterocycles. The van der Waals surface area contributed by atoms with Crippen molar-refractivity contribution in [3.05, 3.63) is 62.9 Å². The minimum atomic E-state index is -1.02. The summed E-state index contributed by atoms with van der Waals surface area (Å²) in [6.45, 7) is 1.77. The lowest BCUT2D eigenvalue weighted by molar-refractivity contribution is -0.129. The number of hydrogen-bond donors (Lipinski definition) is 1. The number of nitrogens with one attached hydrogen (secondary N) is 1. The Labute approximate surface area is 153 Å². The molecule has 126 valence electrons. The largest absolute Gasteiger partial charge is 0.448 e. The van der Waals surface area contributed by atoms with Crippen LogP contribution in [0.15, 0.2) is 36.5 Å². The molecule has 0 fully saturated rings. The molecule has 1 heterocycles. The van der Waals surface area contributed by atoms with Gasteiger partial charge in [-0.25, -0.2) is 9.78 Å². The molecular formula is C16H13Cl3N2O3. The SMILES string of the molecule is C[C@@H](OC(=O)c1ncc(Cl)c(Cl)c1Cl)C(=O)NCc1ccccc1. The number of carbonyl (C=O) groups excluding carboxylic acids is 2. The van der Waals surface area contributed by atoms with Crippen LogP contribution in [0.5, 0.6) is 0 Å². The Morgan fingerprint density at radius 2 is 1.83 bits per heavy atom. The highest BCUT2D eigenvalue weighted by molar-refractivity contribution is 6.48. The summed E-state index contributed by atoms with van der Waals surface area (Å²) in [7, 11) is 0. The number of hydrogen-bond acceptors (Lipinski definition) is 4. The molecule has 1 aromatic carbocycles. The lowest BCUT2D eigenvalue weighted by atomic mass is 10.2. The van der Waals surface area contributed by atoms with E-state index in [4.69, 9.17) is 39.5 Å². The predicted molar refractivity (Wildman–Crippen MR) is 92.4 cm³/mol. The van der Waals surface area contributed by atoms with E-state index in [9.17, 15) is 9.59 Å². The highest BCUT2D eigenvalue weighted by atomic mass is 35.5. The van der Waals surface area contributed by atoms with Gasteiger partial charge in [0.25, 0.3) is 5.91 Å². The van der Waals surface area contributed by atoms with Crippen molar-refractivity contribution in [1.82, 2.24) is 10.3 Å². The average molecular weight is 388 g/mol. The predicted octanol–water partition coefficient (Wildman–Crippen LogP) is 3.90. The van der Waals surface area contributed by atoms with Crippen LogP contribution >= 0.6 is 34.8 Å². The van der Waals surface area contributed by atoms with E-state index in [2.05, 4.69) is 10.3 Å². The van der Waals surface area contributed by atoms with Crippen LogP contribution in [0.3, 0.4) is 0 Å². The number of carbonyl (C=O) groups is 2. The molecule has 24 heavy (non-hydrogen) atoms. The van der Waals surface area contributed by atoms with Crippen molar-refractivity contribution in [2.75, 3.05) is 0 Å². The van der Waals surface area contributed by atoms with Crippen molar-refractivity contribution in [1.29, 1.82) is 0 Å². The van der Waals surface area contributed by atoms with Crippen LogP contribution in [0.4, 0.5) is 0 Å². The zero-order valence-electron chi connectivity index (χ0n) is 12.6. The molecule has 8 heteroatoms. The van der Waals surface area contributed by atoms with Crippen LogP contribution in [0.1, 0.15) is 23.0 Å². The number of pyridine rings is 1. The highest BCUT2D eigenvalue weighted by Gasteiger charge is 2.23. The van der Waals surface area contributed by atoms with E-state index in [0.717, 1.165) is 5.56 Å². The maximum Gasteiger partial charge on any atom is 0.359 e. The van der Waals surface area contributed by atoms with Crippen molar-refractivity contribution in [2.24, 2.45) is 0 Å². The highest BCUT2D eigenvalue weighted by Crippen LogP contribution is 2.31. The van der Waals surface area contributed by atoms with Gasteiger partial charge in [0.2, 0.25) is 0 Å². The Morgan fingerprint density at radius 1 is 1.17 bits per heavy atom. The number of benzene rings is 1. The normalized spacial score (nSPS) is 11.7. The third kappa shape index (κ3) is 4.60. The standard InChI is InChI=1S/C16H13Cl3N2O3/c1-9(15(22)21-7-10-5-3-2-4-6-10)24-16(23)14-13(19)12(18)11(17)8-20-14/h2-6,8-9H,7H2,1H3,(H,21,22)/t9-/m1/s1. The Bertz CT molecular complexity index is 754. The third-order valence-corrected chi connectivity index (χ3v) is 4.31. The number of esters is 1. The molecule has 2 rings (SSSR count). The van der Waals surface area contributed by atoms with Gasteiger partial charge in [0.15, 0.2) is 11.8 Å². The number of rotatable bonds is 5. The summed E-state index contributed by atoms with van der Waals surface area (Å²) < 4.78 is 5.06. The summed E-state index contributed by atoms with van der Waals surface area (Å²) in [6.07, 6.45) is 0.167. The van der Waals surface area contributed by atoms with Crippen LogP contribution in [-0.4, -0.2) is 23.0 Å². The number of amides is 1. The first-order chi connectivity index (χ1) is 11.4. The van der Waals surface area contributed by atoms with Gasteiger partial charge < -0.3 is 10.1 Å². The lowest BCUT2D eigenvalue weighted by Gasteiger charge is -2.14. The third-order valence-electron chi connectivity index (χ3n) is 3.07. The molecule has 1 amide bonds. The van der Waals surface area contributed by atoms with Gasteiger partial charge in [-0.3, -0.25) is 4.79 Å². The lowest BCUT2D eigenvalue weighted by Crippen LogP contribution is -2.35. The Kier molecular flexibility index (Phi) is 6.43. The summed E-state index contributed by atoms with van der Waals surface area (Å²) in [5.74, 6) is -1.30. The Morgan fingerprint density at radius 3 is 2.50 bits per heavy atom. The van der Waals surface area contributed by atoms with Gasteiger partial charge in [-0.15, -0.1) is 0 Å². The zero-order chi connectivity index (χ0) is 17.7. The number of ether oxygens (including phenoxy) is 1. The van der Waals surface area contributed by atoms with E-state index >= 15 is 0 Å². The first-order valence-electron chi connectivity index (χ1n) is 6.92. The van der Waals surface area contributed by atoms with E-state index in [1.165, 1.54) is 13.1 Å². The van der Waals surface area contributed by atoms with Crippen molar-refractivity contribution in [3.8, 4) is 0 Å². The maximum atomic E-state index is 12.1. The molecule has 1 N–H and O–H groups in total. The van der Waals surface area contributed by atoms with Gasteiger partial charge in [0, 0.05) is 12.7 Å². The van der Waals surface area contributed by atoms with E-state index in [1.807, 2.05) is 30.3 Å². The number of nitrogens with zero attached hydrogens (tertiary/aromatic N) is 1. The molecule has 0 aliphatic carbocycles. The van der Waals surface area contributed by atoms with Gasteiger partial charge in [-0.05, 0) is 12.5 Å². The molecule has 0 unspecified atom stereocenters. The number of halogens is 3. The summed E-state index contributed by atoms with van der Waals surface area (Å²) in [5, 5.41) is 2.67. The first kappa shape index (κ1) is 18.5. The fourth-order valence-corrected chi connectivity index (χ4v) is 2.34. The molecule has 0 aliphatic heterocycles. The van der Waals surface area contributed by atoms with E-state index in [1.54, 1.807) is 0 Å². The minimum absolute atomic E-state index is 0.00136. The topological polar surface area (TPSA) is 68.3 Å². The Balaban J connectivity index is 1.96. The fourth-order valence-electron chi connectivity index (χ4n) is 1.78. The monoisotopic (exact) mass is 386 g/mol. The second-order valence-electron chi connectivity index (χ2n) is 4.83. The second kappa shape index (κ2) is 8.33. The molecule has 0 radical (unpaired) electrons. The summed E-state index contributed by atoms with van der Waals surface area (Å²) in [4.78, 5) is 27.9. The van der Waals surface area contributed by atoms with E-state index < -0.39 is 18.0 Å². The van der Waals surface area contributed by atoms with Crippen molar-refractivity contribution >= 4 is 46.7 Å². The quantitative estimate of drug-likeness (QED) is 0.790. The molecular weight excluding hydrogens is 375 g/mol. The van der Waals surface area contributed by atoms with Crippen LogP contribution in [0.2, 0.25) is 15.1 Å². The molecule has 0 spiro atoms. The van der Waals surface area contributed by atoms with Crippen LogP contribution in [0, 0.1) is 0 Å². The molecule has 1 atom stereocenters. The van der Waals surface area contributed by atoms with Crippen LogP contribution in [-0.2, 0) is 16.1 Å². The smallest absolute Gasteiger partial charge is 0.359 e. The maximum absolute atomic E-state index is 12.1. The van der Waals surface area contributed by atoms with Crippen LogP contribution in [0.25, 0.3) is 0 Å². The van der Waals surface area contributed by atoms with Gasteiger partial charge in [0.1, 0.15) is 0 Å². The zero-order valence-corrected chi connectivity index (χ0v) is 14.8. The van der Waals surface area contributed by atoms with Crippen molar-refractivity contribution < 1.29 is 14.3 Å². The van der Waals surface area contributed by atoms with Gasteiger partial charge in [-0.2, -0.15) is 0 Å². The van der Waals surface area contributed by atoms with Gasteiger partial charge in [-0.1, -0.05) is 65.1 Å². The molecule has 0 aliphatic rings. The minimum Gasteiger partial charge on any atom is -0.448 e. The Hall–Kier alpha value is -1.82. The van der Waals surface area contributed by atoms with E-state index in [-0.39, 0.29) is 20.8 Å². The van der Waals surface area contributed by atoms with Gasteiger partial charge in [0.05, 0.1) is 15.1 Å². The van der Waals surface area contributed by atoms with Gasteiger partial charge >= 0.3 is 5.97 Å². The molecule has 0 saturated carbocycles. The summed E-state index contributed by atoms with van der Waals surface area (Å²) in [5.41, 5.74) is 0.729. The van der Waals surface area contributed by atoms with Crippen molar-refractivity contribution in [2.45, 2.75) is 19.6 Å². The summed E-state index contributed by atoms with van der Waals surface area (Å²) >= 11 is 17.5. The average Bonchev–Trinajstić information content (AvgIpc) is 2.58. The second-order valence-corrected chi connectivity index (χ2v) is 6.00. The summed E-state index contributed by atoms with van der Waals surface area (Å²) in [6, 6.07) is 9.35. The fraction of sp³-hybridized carbons (Fsp3) is 0.188. The molecule has 0 saturated heterocycles. The molecule has 2 aromatic rings. The number of aromatic nitrogens is 1. The van der Waals surface area contributed by atoms with E-state index in [0.29, 0.717) is 6.54 Å².